The molecule has 1 saturated carbocycles. The maximum Gasteiger partial charge on any atom is 0.410 e. The van der Waals surface area contributed by atoms with Gasteiger partial charge in [-0.25, -0.2) is 4.68 Å². The number of alkyl halides is 3. The van der Waals surface area contributed by atoms with E-state index in [1.54, 1.807) is 18.2 Å². The van der Waals surface area contributed by atoms with Crippen molar-refractivity contribution >= 4 is 23.3 Å². The molecule has 2 aliphatic rings. The van der Waals surface area contributed by atoms with E-state index in [1.807, 2.05) is 0 Å². The van der Waals surface area contributed by atoms with Gasteiger partial charge in [-0.15, -0.1) is 0 Å². The number of hydrogen-bond donors (Lipinski definition) is 2. The molecule has 33 heavy (non-hydrogen) atoms. The van der Waals surface area contributed by atoms with Gasteiger partial charge in [0.05, 0.1) is 20.3 Å². The monoisotopic (exact) mass is 486 g/mol. The zero-order valence-electron chi connectivity index (χ0n) is 18.3. The van der Waals surface area contributed by atoms with Gasteiger partial charge in [0, 0.05) is 12.5 Å². The van der Waals surface area contributed by atoms with Crippen LogP contribution in [0.1, 0.15) is 66.7 Å². The average molecular weight is 487 g/mol. The highest BCUT2D eigenvalue weighted by Gasteiger charge is 2.48. The van der Waals surface area contributed by atoms with E-state index in [0.717, 1.165) is 36.8 Å². The number of benzene rings is 1. The minimum absolute atomic E-state index is 0.0214. The molecule has 2 aromatic rings. The molecule has 0 spiro atoms. The van der Waals surface area contributed by atoms with Crippen LogP contribution in [-0.4, -0.2) is 42.1 Å². The van der Waals surface area contributed by atoms with Crippen molar-refractivity contribution in [1.82, 2.24) is 15.1 Å². The zero-order valence-corrected chi connectivity index (χ0v) is 19.1. The first-order chi connectivity index (χ1) is 15.7. The molecule has 0 unspecified atom stereocenters. The first kappa shape index (κ1) is 23.5. The summed E-state index contributed by atoms with van der Waals surface area (Å²) in [5.74, 6) is 0.283. The van der Waals surface area contributed by atoms with Crippen LogP contribution < -0.4 is 20.1 Å². The number of rotatable bonds is 5. The van der Waals surface area contributed by atoms with Crippen molar-refractivity contribution in [3.8, 4) is 11.5 Å². The molecule has 11 heteroatoms. The minimum Gasteiger partial charge on any atom is -0.493 e. The molecular formula is C22H26ClF3N4O3. The van der Waals surface area contributed by atoms with Gasteiger partial charge in [-0.05, 0) is 30.5 Å². The Kier molecular flexibility index (Phi) is 6.65. The lowest BCUT2D eigenvalue weighted by Crippen LogP contribution is -2.37. The van der Waals surface area contributed by atoms with Gasteiger partial charge in [-0.2, -0.15) is 18.3 Å². The zero-order chi connectivity index (χ0) is 23.8. The first-order valence-corrected chi connectivity index (χ1v) is 11.2. The van der Waals surface area contributed by atoms with Crippen molar-refractivity contribution in [1.29, 1.82) is 0 Å². The van der Waals surface area contributed by atoms with Crippen LogP contribution >= 0.6 is 11.6 Å². The molecule has 7 nitrogen and oxygen atoms in total. The highest BCUT2D eigenvalue weighted by molar-refractivity contribution is 6.36. The Morgan fingerprint density at radius 1 is 1.18 bits per heavy atom. The number of carbonyl (C=O) groups is 1. The summed E-state index contributed by atoms with van der Waals surface area (Å²) in [5.41, 5.74) is 0.366. The van der Waals surface area contributed by atoms with Crippen LogP contribution in [0.2, 0.25) is 5.02 Å². The smallest absolute Gasteiger partial charge is 0.410 e. The molecule has 2 N–H and O–H groups in total. The number of aromatic nitrogens is 2. The normalized spacial score (nSPS) is 21.2. The van der Waals surface area contributed by atoms with Crippen LogP contribution in [0, 0.1) is 0 Å². The Labute approximate surface area is 194 Å². The van der Waals surface area contributed by atoms with E-state index < -0.39 is 24.2 Å². The molecule has 1 amide bonds. The third kappa shape index (κ3) is 4.71. The lowest BCUT2D eigenvalue weighted by molar-refractivity contribution is -0.173. The summed E-state index contributed by atoms with van der Waals surface area (Å²) in [6, 6.07) is 2.23. The number of nitrogens with one attached hydrogen (secondary N) is 2. The summed E-state index contributed by atoms with van der Waals surface area (Å²) in [6.07, 6.45) is -0.123. The molecule has 0 radical (unpaired) electrons. The molecule has 2 atom stereocenters. The third-order valence-corrected chi connectivity index (χ3v) is 6.62. The third-order valence-electron chi connectivity index (χ3n) is 6.26. The number of nitrogens with zero attached hydrogens (tertiary/aromatic N) is 2. The fourth-order valence-corrected chi connectivity index (χ4v) is 4.79. The number of ether oxygens (including phenoxy) is 2. The van der Waals surface area contributed by atoms with Crippen molar-refractivity contribution in [2.45, 2.75) is 62.8 Å². The molecule has 2 heterocycles. The highest BCUT2D eigenvalue weighted by atomic mass is 35.5. The van der Waals surface area contributed by atoms with Crippen LogP contribution in [0.5, 0.6) is 11.5 Å². The fourth-order valence-electron chi connectivity index (χ4n) is 4.52. The fraction of sp³-hybridized carbons (Fsp3) is 0.545. The van der Waals surface area contributed by atoms with Gasteiger partial charge >= 0.3 is 6.18 Å². The minimum atomic E-state index is -4.59. The van der Waals surface area contributed by atoms with Crippen molar-refractivity contribution in [2.75, 3.05) is 19.5 Å². The summed E-state index contributed by atoms with van der Waals surface area (Å²) >= 11 is 6.41. The lowest BCUT2D eigenvalue weighted by atomic mass is 9.95. The Balaban J connectivity index is 1.66. The van der Waals surface area contributed by atoms with Crippen molar-refractivity contribution < 1.29 is 27.4 Å². The van der Waals surface area contributed by atoms with Crippen LogP contribution in [0.25, 0.3) is 0 Å². The molecule has 1 aliphatic carbocycles. The molecule has 4 rings (SSSR count). The van der Waals surface area contributed by atoms with E-state index in [4.69, 9.17) is 21.1 Å². The van der Waals surface area contributed by atoms with Gasteiger partial charge in [-0.3, -0.25) is 4.79 Å². The molecule has 1 aromatic carbocycles. The van der Waals surface area contributed by atoms with Crippen molar-refractivity contribution in [3.05, 3.63) is 34.5 Å². The van der Waals surface area contributed by atoms with Crippen LogP contribution in [0.4, 0.5) is 19.0 Å². The van der Waals surface area contributed by atoms with Gasteiger partial charge in [0.1, 0.15) is 10.8 Å². The van der Waals surface area contributed by atoms with Crippen LogP contribution in [-0.2, 0) is 0 Å². The SMILES string of the molecule is COc1ccc([C@@H]2C[C@H](C(F)(F)F)n3nc(C(=O)NC4CCCCC4)c(Cl)c3N2)cc1OC. The maximum absolute atomic E-state index is 14.0. The van der Waals surface area contributed by atoms with Gasteiger partial charge in [0.25, 0.3) is 5.91 Å². The Morgan fingerprint density at radius 3 is 2.52 bits per heavy atom. The number of halogens is 4. The number of hydrogen-bond acceptors (Lipinski definition) is 5. The number of carbonyl (C=O) groups excluding carboxylic acids is 1. The van der Waals surface area contributed by atoms with E-state index >= 15 is 0 Å². The highest BCUT2D eigenvalue weighted by Crippen LogP contribution is 2.47. The second kappa shape index (κ2) is 9.32. The predicted octanol–water partition coefficient (Wildman–Crippen LogP) is 5.28. The molecule has 1 aromatic heterocycles. The van der Waals surface area contributed by atoms with Gasteiger partial charge in [-0.1, -0.05) is 36.9 Å². The van der Waals surface area contributed by atoms with E-state index in [0.29, 0.717) is 17.1 Å². The standard InChI is InChI=1S/C22H26ClF3N4O3/c1-32-15-9-8-12(10-16(15)33-2)14-11-17(22(24,25)26)30-20(28-14)18(23)19(29-30)21(31)27-13-6-4-3-5-7-13/h8-10,13-14,17,28H,3-7,11H2,1-2H3,(H,27,31)/t14-,17+/m0/s1. The number of anilines is 1. The van der Waals surface area contributed by atoms with Gasteiger partial charge < -0.3 is 20.1 Å². The van der Waals surface area contributed by atoms with E-state index in [-0.39, 0.29) is 29.0 Å². The Hall–Kier alpha value is -2.62. The number of methoxy groups -OCH3 is 2. The van der Waals surface area contributed by atoms with Crippen molar-refractivity contribution in [2.24, 2.45) is 0 Å². The summed E-state index contributed by atoms with van der Waals surface area (Å²) in [5, 5.41) is 9.79. The van der Waals surface area contributed by atoms with E-state index in [2.05, 4.69) is 15.7 Å². The molecule has 0 saturated heterocycles. The second-order valence-corrected chi connectivity index (χ2v) is 8.75. The van der Waals surface area contributed by atoms with Gasteiger partial charge in [0.15, 0.2) is 23.2 Å². The van der Waals surface area contributed by atoms with E-state index in [1.165, 1.54) is 14.2 Å². The Morgan fingerprint density at radius 2 is 1.88 bits per heavy atom. The average Bonchev–Trinajstić information content (AvgIpc) is 3.14. The van der Waals surface area contributed by atoms with Crippen molar-refractivity contribution in [3.63, 3.8) is 0 Å². The largest absolute Gasteiger partial charge is 0.493 e. The summed E-state index contributed by atoms with van der Waals surface area (Å²) in [6.45, 7) is 0. The molecule has 1 aliphatic heterocycles. The molecule has 1 fully saturated rings. The second-order valence-electron chi connectivity index (χ2n) is 8.37. The van der Waals surface area contributed by atoms with E-state index in [9.17, 15) is 18.0 Å². The summed E-state index contributed by atoms with van der Waals surface area (Å²) in [4.78, 5) is 12.8. The maximum atomic E-state index is 14.0. The predicted molar refractivity (Wildman–Crippen MR) is 117 cm³/mol. The molecular weight excluding hydrogens is 461 g/mol. The summed E-state index contributed by atoms with van der Waals surface area (Å²) in [7, 11) is 2.94. The Bertz CT molecular complexity index is 1020. The molecule has 0 bridgehead atoms. The quantitative estimate of drug-likeness (QED) is 0.601. The van der Waals surface area contributed by atoms with Crippen LogP contribution in [0.15, 0.2) is 18.2 Å². The number of amides is 1. The topological polar surface area (TPSA) is 77.4 Å². The molecule has 180 valence electrons. The lowest BCUT2D eigenvalue weighted by Gasteiger charge is -2.33. The first-order valence-electron chi connectivity index (χ1n) is 10.9. The number of fused-ring (bicyclic) bond motifs is 1. The van der Waals surface area contributed by atoms with Gasteiger partial charge in [0.2, 0.25) is 0 Å². The van der Waals surface area contributed by atoms with Crippen LogP contribution in [0.3, 0.4) is 0 Å². The summed E-state index contributed by atoms with van der Waals surface area (Å²) < 4.78 is 53.3.